The molecule has 10 heteroatoms. The van der Waals surface area contributed by atoms with Gasteiger partial charge in [0.2, 0.25) is 0 Å². The molecule has 0 amide bonds. The van der Waals surface area contributed by atoms with Crippen LogP contribution in [0.1, 0.15) is 93.4 Å². The minimum Gasteiger partial charge on any atom is -0.393 e. The summed E-state index contributed by atoms with van der Waals surface area (Å²) in [6.45, 7) is 14.6. The summed E-state index contributed by atoms with van der Waals surface area (Å²) >= 11 is 0. The van der Waals surface area contributed by atoms with Crippen LogP contribution in [0, 0.1) is 50.7 Å². The Bertz CT molecular complexity index is 1240. The summed E-state index contributed by atoms with van der Waals surface area (Å²) in [7, 11) is 0. The normalized spacial score (nSPS) is 62.7. The van der Waals surface area contributed by atoms with Crippen LogP contribution in [0.2, 0.25) is 0 Å². The standard InChI is InChI=1S/C35H56O10/c1-16-12-19-26(30(4,5)41)45-35(44-19)24(16)31(6)10-11-34-15-33(34)9-8-21(43-27-23(39)22(38)18(37)14-42-27)29(2,3)20(33)13-17(36)25(34)32(31,7)28(35)40/h16-28,36-41H,8-15H2,1-7H3/t16-,17+,18-,19-,20+,21+,22+,23-,24-,25+,26+,27+,28-,31-,32-,33-,34+,35+/m1/s1. The average Bonchev–Trinajstić information content (AvgIpc) is 3.44. The van der Waals surface area contributed by atoms with Crippen molar-refractivity contribution in [3.05, 3.63) is 0 Å². The van der Waals surface area contributed by atoms with E-state index in [2.05, 4.69) is 34.6 Å². The minimum absolute atomic E-state index is 0.0126. The second-order valence-corrected chi connectivity index (χ2v) is 18.4. The molecule has 256 valence electrons. The fraction of sp³-hybridized carbons (Fsp3) is 1.00. The molecule has 0 unspecified atom stereocenters. The lowest BCUT2D eigenvalue weighted by Crippen LogP contribution is -2.64. The first-order valence-corrected chi connectivity index (χ1v) is 17.6. The smallest absolute Gasteiger partial charge is 0.199 e. The molecule has 0 aromatic rings. The van der Waals surface area contributed by atoms with Crippen molar-refractivity contribution in [2.24, 2.45) is 50.7 Å². The van der Waals surface area contributed by atoms with Crippen molar-refractivity contribution in [2.45, 2.75) is 160 Å². The lowest BCUT2D eigenvalue weighted by Gasteiger charge is -2.64. The van der Waals surface area contributed by atoms with E-state index in [4.69, 9.17) is 18.9 Å². The largest absolute Gasteiger partial charge is 0.393 e. The summed E-state index contributed by atoms with van der Waals surface area (Å²) in [5, 5.41) is 66.9. The SMILES string of the molecule is C[C@@H]1C[C@H]2O[C@@]3(O[C@@H]2C(C)(C)O)[C@H](O)[C@@]2(C)[C@@H]4[C@@H](O)C[C@H]5C(C)(C)[C@@H](O[C@@H]6OC[C@@H](O)[C@H](O)[C@H]6O)CC[C@@]56C[C@@]46CC[C@]2(C)[C@@H]13. The Morgan fingerprint density at radius 1 is 0.822 bits per heavy atom. The molecular weight excluding hydrogens is 580 g/mol. The maximum atomic E-state index is 12.7. The molecule has 8 fully saturated rings. The van der Waals surface area contributed by atoms with Crippen LogP contribution < -0.4 is 0 Å². The van der Waals surface area contributed by atoms with Crippen molar-refractivity contribution in [1.82, 2.24) is 0 Å². The van der Waals surface area contributed by atoms with E-state index >= 15 is 0 Å². The Balaban J connectivity index is 1.12. The van der Waals surface area contributed by atoms with Gasteiger partial charge in [-0.15, -0.1) is 0 Å². The van der Waals surface area contributed by atoms with Crippen molar-refractivity contribution < 1.29 is 49.6 Å². The highest BCUT2D eigenvalue weighted by Crippen LogP contribution is 2.90. The molecule has 3 spiro atoms. The van der Waals surface area contributed by atoms with Crippen LogP contribution in [0.3, 0.4) is 0 Å². The predicted molar refractivity (Wildman–Crippen MR) is 160 cm³/mol. The number of hydrogen-bond donors (Lipinski definition) is 6. The molecule has 2 bridgehead atoms. The summed E-state index contributed by atoms with van der Waals surface area (Å²) in [5.74, 6) is -0.981. The molecule has 8 rings (SSSR count). The monoisotopic (exact) mass is 636 g/mol. The average molecular weight is 637 g/mol. The summed E-state index contributed by atoms with van der Waals surface area (Å²) < 4.78 is 25.6. The highest BCUT2D eigenvalue weighted by molar-refractivity contribution is 5.35. The summed E-state index contributed by atoms with van der Waals surface area (Å²) in [6.07, 6.45) is -1.51. The van der Waals surface area contributed by atoms with Crippen molar-refractivity contribution >= 4 is 0 Å². The zero-order valence-corrected chi connectivity index (χ0v) is 28.0. The molecule has 10 nitrogen and oxygen atoms in total. The predicted octanol–water partition coefficient (Wildman–Crippen LogP) is 2.09. The van der Waals surface area contributed by atoms with Gasteiger partial charge in [0.25, 0.3) is 0 Å². The summed E-state index contributed by atoms with van der Waals surface area (Å²) in [6, 6.07) is 0. The van der Waals surface area contributed by atoms with Gasteiger partial charge in [-0.1, -0.05) is 34.6 Å². The van der Waals surface area contributed by atoms with Gasteiger partial charge in [-0.05, 0) is 98.2 Å². The number of aliphatic hydroxyl groups excluding tert-OH is 5. The van der Waals surface area contributed by atoms with Gasteiger partial charge in [0.15, 0.2) is 12.1 Å². The van der Waals surface area contributed by atoms with Crippen LogP contribution in [0.5, 0.6) is 0 Å². The first-order chi connectivity index (χ1) is 20.8. The van der Waals surface area contributed by atoms with Gasteiger partial charge in [-0.25, -0.2) is 0 Å². The van der Waals surface area contributed by atoms with Crippen LogP contribution in [-0.4, -0.2) is 104 Å². The first kappa shape index (κ1) is 31.8. The van der Waals surface area contributed by atoms with E-state index in [1.807, 2.05) is 0 Å². The lowest BCUT2D eigenvalue weighted by molar-refractivity contribution is -0.305. The Morgan fingerprint density at radius 3 is 2.22 bits per heavy atom. The zero-order chi connectivity index (χ0) is 32.5. The molecule has 0 aromatic carbocycles. The van der Waals surface area contributed by atoms with Crippen molar-refractivity contribution in [3.8, 4) is 0 Å². The molecule has 3 aliphatic heterocycles. The Labute approximate surface area is 266 Å². The summed E-state index contributed by atoms with van der Waals surface area (Å²) in [5.41, 5.74) is -2.54. The number of rotatable bonds is 3. The summed E-state index contributed by atoms with van der Waals surface area (Å²) in [4.78, 5) is 0. The van der Waals surface area contributed by atoms with Crippen molar-refractivity contribution in [2.75, 3.05) is 6.61 Å². The highest BCUT2D eigenvalue weighted by Gasteiger charge is 2.89. The van der Waals surface area contributed by atoms with Crippen LogP contribution in [0.25, 0.3) is 0 Å². The minimum atomic E-state index is -1.34. The molecule has 5 aliphatic carbocycles. The van der Waals surface area contributed by atoms with Crippen LogP contribution in [0.4, 0.5) is 0 Å². The maximum Gasteiger partial charge on any atom is 0.199 e. The third kappa shape index (κ3) is 3.56. The van der Waals surface area contributed by atoms with E-state index in [-0.39, 0.29) is 64.1 Å². The van der Waals surface area contributed by atoms with E-state index in [9.17, 15) is 30.6 Å². The molecule has 18 atom stereocenters. The molecule has 45 heavy (non-hydrogen) atoms. The quantitative estimate of drug-likeness (QED) is 0.254. The lowest BCUT2D eigenvalue weighted by atomic mass is 9.40. The molecule has 6 N–H and O–H groups in total. The van der Waals surface area contributed by atoms with Gasteiger partial charge in [-0.3, -0.25) is 0 Å². The van der Waals surface area contributed by atoms with E-state index < -0.39 is 59.7 Å². The molecule has 3 heterocycles. The third-order valence-electron chi connectivity index (χ3n) is 15.8. The Hall–Kier alpha value is -0.400. The Kier molecular flexibility index (Phi) is 6.53. The highest BCUT2D eigenvalue weighted by atomic mass is 16.8. The number of aliphatic hydroxyl groups is 6. The van der Waals surface area contributed by atoms with E-state index in [1.165, 1.54) is 0 Å². The van der Waals surface area contributed by atoms with Gasteiger partial charge in [0.1, 0.15) is 30.5 Å². The van der Waals surface area contributed by atoms with E-state index in [0.29, 0.717) is 6.42 Å². The second-order valence-electron chi connectivity index (χ2n) is 18.4. The molecule has 8 aliphatic rings. The zero-order valence-electron chi connectivity index (χ0n) is 28.0. The molecule has 0 aromatic heterocycles. The molecular formula is C35H56O10. The van der Waals surface area contributed by atoms with Gasteiger partial charge >= 0.3 is 0 Å². The topological polar surface area (TPSA) is 158 Å². The van der Waals surface area contributed by atoms with Crippen LogP contribution in [-0.2, 0) is 18.9 Å². The van der Waals surface area contributed by atoms with Gasteiger partial charge < -0.3 is 49.6 Å². The number of hydrogen-bond acceptors (Lipinski definition) is 10. The second kappa shape index (κ2) is 9.23. The van der Waals surface area contributed by atoms with Gasteiger partial charge in [0, 0.05) is 11.3 Å². The third-order valence-corrected chi connectivity index (χ3v) is 15.8. The Morgan fingerprint density at radius 2 is 1.53 bits per heavy atom. The molecule has 5 saturated carbocycles. The molecule has 0 radical (unpaired) electrons. The van der Waals surface area contributed by atoms with Crippen LogP contribution in [0.15, 0.2) is 0 Å². The number of ether oxygens (including phenoxy) is 4. The van der Waals surface area contributed by atoms with Gasteiger partial charge in [0.05, 0.1) is 30.5 Å². The first-order valence-electron chi connectivity index (χ1n) is 17.6. The van der Waals surface area contributed by atoms with Gasteiger partial charge in [-0.2, -0.15) is 0 Å². The molecule has 3 saturated heterocycles. The van der Waals surface area contributed by atoms with E-state index in [0.717, 1.165) is 38.5 Å². The van der Waals surface area contributed by atoms with Crippen LogP contribution >= 0.6 is 0 Å². The maximum absolute atomic E-state index is 12.7. The number of fused-ring (bicyclic) bond motifs is 4. The fourth-order valence-electron chi connectivity index (χ4n) is 13.9. The fourth-order valence-corrected chi connectivity index (χ4v) is 13.9. The van der Waals surface area contributed by atoms with Crippen molar-refractivity contribution in [3.63, 3.8) is 0 Å². The van der Waals surface area contributed by atoms with Crippen molar-refractivity contribution in [1.29, 1.82) is 0 Å². The van der Waals surface area contributed by atoms with E-state index in [1.54, 1.807) is 13.8 Å².